The van der Waals surface area contributed by atoms with Gasteiger partial charge in [0.1, 0.15) is 5.75 Å². The fourth-order valence-electron chi connectivity index (χ4n) is 4.09. The first-order valence-corrected chi connectivity index (χ1v) is 14.0. The van der Waals surface area contributed by atoms with E-state index in [0.29, 0.717) is 21.6 Å². The second kappa shape index (κ2) is 12.0. The van der Waals surface area contributed by atoms with Crippen molar-refractivity contribution < 1.29 is 24.2 Å². The van der Waals surface area contributed by atoms with Crippen LogP contribution in [0.1, 0.15) is 20.7 Å². The Balaban J connectivity index is 1.18. The Morgan fingerprint density at radius 3 is 2.38 bits per heavy atom. The number of carbonyl (C=O) groups excluding carboxylic acids is 2. The maximum absolute atomic E-state index is 13.0. The number of hydrogen-bond donors (Lipinski definition) is 3. The third-order valence-electron chi connectivity index (χ3n) is 5.98. The van der Waals surface area contributed by atoms with Crippen LogP contribution in [-0.2, 0) is 4.79 Å². The molecule has 0 saturated carbocycles. The highest BCUT2D eigenvalue weighted by Gasteiger charge is 2.17. The fraction of sp³-hybridized carbons (Fsp3) is 0.0667. The van der Waals surface area contributed by atoms with Crippen LogP contribution < -0.4 is 15.4 Å². The summed E-state index contributed by atoms with van der Waals surface area (Å²) >= 11 is 2.71. The van der Waals surface area contributed by atoms with E-state index < -0.39 is 11.9 Å². The van der Waals surface area contributed by atoms with Gasteiger partial charge in [-0.25, -0.2) is 9.78 Å². The molecular formula is C30H23N3O5S2. The second-order valence-corrected chi connectivity index (χ2v) is 10.5. The molecule has 2 amide bonds. The molecule has 0 saturated heterocycles. The highest BCUT2D eigenvalue weighted by Crippen LogP contribution is 2.28. The van der Waals surface area contributed by atoms with E-state index >= 15 is 0 Å². The number of amides is 2. The van der Waals surface area contributed by atoms with Crippen molar-refractivity contribution in [1.29, 1.82) is 0 Å². The van der Waals surface area contributed by atoms with Gasteiger partial charge in [-0.05, 0) is 53.9 Å². The molecular weight excluding hydrogens is 546 g/mol. The van der Waals surface area contributed by atoms with E-state index in [1.807, 2.05) is 41.8 Å². The topological polar surface area (TPSA) is 118 Å². The lowest BCUT2D eigenvalue weighted by molar-refractivity contribution is -0.113. The van der Waals surface area contributed by atoms with Crippen LogP contribution >= 0.6 is 23.1 Å². The molecule has 8 nitrogen and oxygen atoms in total. The van der Waals surface area contributed by atoms with Gasteiger partial charge in [-0.15, -0.1) is 23.1 Å². The second-order valence-electron chi connectivity index (χ2n) is 8.60. The molecule has 0 fully saturated rings. The van der Waals surface area contributed by atoms with Gasteiger partial charge in [-0.3, -0.25) is 9.59 Å². The summed E-state index contributed by atoms with van der Waals surface area (Å²) in [4.78, 5) is 42.6. The van der Waals surface area contributed by atoms with Crippen molar-refractivity contribution in [2.75, 3.05) is 23.5 Å². The van der Waals surface area contributed by atoms with Crippen LogP contribution in [0.25, 0.3) is 22.0 Å². The van der Waals surface area contributed by atoms with Gasteiger partial charge in [-0.2, -0.15) is 0 Å². The van der Waals surface area contributed by atoms with Gasteiger partial charge < -0.3 is 20.5 Å². The summed E-state index contributed by atoms with van der Waals surface area (Å²) in [5.74, 6) is -0.759. The van der Waals surface area contributed by atoms with Gasteiger partial charge in [0.25, 0.3) is 5.91 Å². The normalized spacial score (nSPS) is 10.7. The molecule has 5 aromatic rings. The highest BCUT2D eigenvalue weighted by atomic mass is 32.2. The first-order valence-electron chi connectivity index (χ1n) is 12.1. The Hall–Kier alpha value is -4.67. The number of carbonyl (C=O) groups is 3. The number of carboxylic acid groups (broad SMARTS) is 1. The summed E-state index contributed by atoms with van der Waals surface area (Å²) in [6, 6.07) is 24.7. The van der Waals surface area contributed by atoms with E-state index in [4.69, 9.17) is 4.74 Å². The molecule has 0 spiro atoms. The SMILES string of the molecule is COc1cccc(-c2csc(NC(=O)CSc3ccc(NC(=O)c4cccc5cccc(C(=O)O)c45)cc3)n2)c1. The molecule has 1 aromatic heterocycles. The number of anilines is 2. The van der Waals surface area contributed by atoms with Gasteiger partial charge in [-0.1, -0.05) is 36.4 Å². The molecule has 40 heavy (non-hydrogen) atoms. The molecule has 0 aliphatic rings. The molecule has 4 aromatic carbocycles. The zero-order chi connectivity index (χ0) is 28.1. The van der Waals surface area contributed by atoms with E-state index in [1.54, 1.807) is 49.6 Å². The van der Waals surface area contributed by atoms with Crippen molar-refractivity contribution in [3.05, 3.63) is 101 Å². The molecule has 10 heteroatoms. The van der Waals surface area contributed by atoms with Crippen molar-refractivity contribution in [3.8, 4) is 17.0 Å². The van der Waals surface area contributed by atoms with Gasteiger partial charge in [0.2, 0.25) is 5.91 Å². The number of nitrogens with zero attached hydrogens (tertiary/aromatic N) is 1. The number of rotatable bonds is 9. The minimum Gasteiger partial charge on any atom is -0.497 e. The lowest BCUT2D eigenvalue weighted by Gasteiger charge is -2.11. The number of fused-ring (bicyclic) bond motifs is 1. The Morgan fingerprint density at radius 1 is 0.925 bits per heavy atom. The molecule has 1 heterocycles. The van der Waals surface area contributed by atoms with Crippen molar-refractivity contribution in [2.45, 2.75) is 4.90 Å². The smallest absolute Gasteiger partial charge is 0.336 e. The monoisotopic (exact) mass is 569 g/mol. The minimum absolute atomic E-state index is 0.0718. The summed E-state index contributed by atoms with van der Waals surface area (Å²) in [5.41, 5.74) is 2.56. The average molecular weight is 570 g/mol. The maximum atomic E-state index is 13.0. The third kappa shape index (κ3) is 6.14. The van der Waals surface area contributed by atoms with Crippen LogP contribution in [0.3, 0.4) is 0 Å². The van der Waals surface area contributed by atoms with E-state index in [-0.39, 0.29) is 22.8 Å². The van der Waals surface area contributed by atoms with Gasteiger partial charge in [0, 0.05) is 32.5 Å². The number of methoxy groups -OCH3 is 1. The number of carboxylic acids is 1. The number of thiazole rings is 1. The third-order valence-corrected chi connectivity index (χ3v) is 7.75. The standard InChI is InChI=1S/C30H23N3O5S2/c1-38-21-8-2-7-19(15-21)25-16-40-30(32-25)33-26(34)17-39-22-13-11-20(12-14-22)31-28(35)23-9-3-5-18-6-4-10-24(27(18)23)29(36)37/h2-16H,17H2,1H3,(H,31,35)(H,36,37)(H,32,33,34). The fourth-order valence-corrected chi connectivity index (χ4v) is 5.53. The molecule has 0 radical (unpaired) electrons. The number of benzene rings is 4. The van der Waals surface area contributed by atoms with E-state index in [1.165, 1.54) is 29.2 Å². The van der Waals surface area contributed by atoms with Gasteiger partial charge in [0.05, 0.1) is 24.1 Å². The summed E-state index contributed by atoms with van der Waals surface area (Å²) in [7, 11) is 1.61. The first kappa shape index (κ1) is 26.9. The zero-order valence-corrected chi connectivity index (χ0v) is 22.8. The highest BCUT2D eigenvalue weighted by molar-refractivity contribution is 8.00. The van der Waals surface area contributed by atoms with Crippen LogP contribution in [-0.4, -0.2) is 40.7 Å². The number of nitrogens with one attached hydrogen (secondary N) is 2. The Kier molecular flexibility index (Phi) is 8.09. The predicted octanol–water partition coefficient (Wildman–Crippen LogP) is 6.65. The number of aromatic nitrogens is 1. The van der Waals surface area contributed by atoms with Gasteiger partial charge in [0.15, 0.2) is 5.13 Å². The summed E-state index contributed by atoms with van der Waals surface area (Å²) in [5, 5.41) is 18.7. The maximum Gasteiger partial charge on any atom is 0.336 e. The molecule has 3 N–H and O–H groups in total. The van der Waals surface area contributed by atoms with Crippen molar-refractivity contribution in [1.82, 2.24) is 4.98 Å². The van der Waals surface area contributed by atoms with Crippen molar-refractivity contribution >= 4 is 62.5 Å². The molecule has 5 rings (SSSR count). The molecule has 200 valence electrons. The molecule has 0 aliphatic heterocycles. The Bertz CT molecular complexity index is 1710. The summed E-state index contributed by atoms with van der Waals surface area (Å²) in [6.45, 7) is 0. The summed E-state index contributed by atoms with van der Waals surface area (Å²) in [6.07, 6.45) is 0. The largest absolute Gasteiger partial charge is 0.497 e. The van der Waals surface area contributed by atoms with Crippen LogP contribution in [0.4, 0.5) is 10.8 Å². The number of thioether (sulfide) groups is 1. The van der Waals surface area contributed by atoms with Gasteiger partial charge >= 0.3 is 5.97 Å². The Morgan fingerprint density at radius 2 is 1.65 bits per heavy atom. The number of ether oxygens (including phenoxy) is 1. The molecule has 0 aliphatic carbocycles. The lowest BCUT2D eigenvalue weighted by Crippen LogP contribution is -2.14. The molecule has 0 atom stereocenters. The van der Waals surface area contributed by atoms with Crippen LogP contribution in [0.5, 0.6) is 5.75 Å². The number of aromatic carboxylic acids is 1. The first-order chi connectivity index (χ1) is 19.4. The van der Waals surface area contributed by atoms with Crippen LogP contribution in [0.2, 0.25) is 0 Å². The van der Waals surface area contributed by atoms with Crippen LogP contribution in [0.15, 0.2) is 95.2 Å². The van der Waals surface area contributed by atoms with Crippen molar-refractivity contribution in [3.63, 3.8) is 0 Å². The lowest BCUT2D eigenvalue weighted by atomic mass is 9.98. The van der Waals surface area contributed by atoms with E-state index in [0.717, 1.165) is 21.9 Å². The molecule has 0 unspecified atom stereocenters. The van der Waals surface area contributed by atoms with E-state index in [2.05, 4.69) is 15.6 Å². The average Bonchev–Trinajstić information content (AvgIpc) is 3.44. The summed E-state index contributed by atoms with van der Waals surface area (Å²) < 4.78 is 5.26. The van der Waals surface area contributed by atoms with Crippen LogP contribution in [0, 0.1) is 0 Å². The van der Waals surface area contributed by atoms with E-state index in [9.17, 15) is 19.5 Å². The van der Waals surface area contributed by atoms with Crippen molar-refractivity contribution in [2.24, 2.45) is 0 Å². The number of hydrogen-bond acceptors (Lipinski definition) is 7. The quantitative estimate of drug-likeness (QED) is 0.170. The zero-order valence-electron chi connectivity index (χ0n) is 21.2. The Labute approximate surface area is 238 Å². The minimum atomic E-state index is -1.09. The predicted molar refractivity (Wildman–Crippen MR) is 159 cm³/mol. The molecule has 0 bridgehead atoms.